The Hall–Kier alpha value is -1.31. The molecule has 0 aromatic heterocycles. The number of carbonyl (C=O) groups excluding carboxylic acids is 1. The second-order valence-corrected chi connectivity index (χ2v) is 5.29. The van der Waals surface area contributed by atoms with Gasteiger partial charge >= 0.3 is 0 Å². The van der Waals surface area contributed by atoms with Crippen molar-refractivity contribution >= 4 is 29.0 Å². The van der Waals surface area contributed by atoms with E-state index in [-0.39, 0.29) is 5.78 Å². The first-order chi connectivity index (χ1) is 9.08. The molecule has 0 amide bonds. The van der Waals surface area contributed by atoms with Crippen LogP contribution in [0.3, 0.4) is 0 Å². The lowest BCUT2D eigenvalue weighted by Crippen LogP contribution is -2.02. The highest BCUT2D eigenvalue weighted by Gasteiger charge is 2.09. The SMILES string of the molecule is Cc1ccccc1CCC(=O)c1ccc(Cl)c(Cl)c1. The highest BCUT2D eigenvalue weighted by Crippen LogP contribution is 2.23. The van der Waals surface area contributed by atoms with Gasteiger partial charge in [-0.25, -0.2) is 0 Å². The normalized spacial score (nSPS) is 10.5. The number of benzene rings is 2. The quantitative estimate of drug-likeness (QED) is 0.715. The van der Waals surface area contributed by atoms with Crippen LogP contribution in [0.2, 0.25) is 10.0 Å². The molecular weight excluding hydrogens is 279 g/mol. The Morgan fingerprint density at radius 2 is 1.79 bits per heavy atom. The number of Topliss-reactive ketones (excluding diaryl/α,β-unsaturated/α-hetero) is 1. The Bertz CT molecular complexity index is 605. The number of aryl methyl sites for hydroxylation is 2. The van der Waals surface area contributed by atoms with E-state index >= 15 is 0 Å². The average molecular weight is 293 g/mol. The summed E-state index contributed by atoms with van der Waals surface area (Å²) < 4.78 is 0. The third-order valence-electron chi connectivity index (χ3n) is 3.12. The summed E-state index contributed by atoms with van der Waals surface area (Å²) in [6.07, 6.45) is 1.22. The van der Waals surface area contributed by atoms with Gasteiger partial charge in [-0.2, -0.15) is 0 Å². The second-order valence-electron chi connectivity index (χ2n) is 4.48. The third-order valence-corrected chi connectivity index (χ3v) is 3.86. The summed E-state index contributed by atoms with van der Waals surface area (Å²) in [6, 6.07) is 13.1. The maximum Gasteiger partial charge on any atom is 0.163 e. The van der Waals surface area contributed by atoms with Crippen molar-refractivity contribution in [3.8, 4) is 0 Å². The van der Waals surface area contributed by atoms with Gasteiger partial charge in [0, 0.05) is 12.0 Å². The highest BCUT2D eigenvalue weighted by molar-refractivity contribution is 6.42. The minimum Gasteiger partial charge on any atom is -0.294 e. The van der Waals surface area contributed by atoms with Gasteiger partial charge in [-0.1, -0.05) is 47.5 Å². The zero-order chi connectivity index (χ0) is 13.8. The van der Waals surface area contributed by atoms with Gasteiger partial charge in [0.1, 0.15) is 0 Å². The second kappa shape index (κ2) is 6.23. The molecule has 0 bridgehead atoms. The van der Waals surface area contributed by atoms with Crippen molar-refractivity contribution < 1.29 is 4.79 Å². The smallest absolute Gasteiger partial charge is 0.163 e. The topological polar surface area (TPSA) is 17.1 Å². The maximum absolute atomic E-state index is 12.1. The van der Waals surface area contributed by atoms with E-state index in [4.69, 9.17) is 23.2 Å². The summed E-state index contributed by atoms with van der Waals surface area (Å²) in [6.45, 7) is 2.05. The number of ketones is 1. The molecule has 0 saturated carbocycles. The molecular formula is C16H14Cl2O. The molecule has 0 aliphatic carbocycles. The van der Waals surface area contributed by atoms with E-state index in [0.717, 1.165) is 6.42 Å². The van der Waals surface area contributed by atoms with Crippen LogP contribution in [0.5, 0.6) is 0 Å². The molecule has 0 aliphatic rings. The lowest BCUT2D eigenvalue weighted by atomic mass is 10.00. The minimum absolute atomic E-state index is 0.0850. The van der Waals surface area contributed by atoms with Crippen LogP contribution in [-0.4, -0.2) is 5.78 Å². The van der Waals surface area contributed by atoms with Gasteiger partial charge in [0.05, 0.1) is 10.0 Å². The predicted octanol–water partition coefficient (Wildman–Crippen LogP) is 5.12. The molecule has 0 saturated heterocycles. The van der Waals surface area contributed by atoms with Crippen molar-refractivity contribution in [3.63, 3.8) is 0 Å². The van der Waals surface area contributed by atoms with Gasteiger partial charge in [-0.05, 0) is 42.7 Å². The van der Waals surface area contributed by atoms with Gasteiger partial charge < -0.3 is 0 Å². The molecule has 0 N–H and O–H groups in total. The van der Waals surface area contributed by atoms with Gasteiger partial charge in [0.2, 0.25) is 0 Å². The van der Waals surface area contributed by atoms with E-state index in [1.807, 2.05) is 12.1 Å². The minimum atomic E-state index is 0.0850. The molecule has 2 rings (SSSR count). The number of hydrogen-bond donors (Lipinski definition) is 0. The van der Waals surface area contributed by atoms with Crippen molar-refractivity contribution in [3.05, 3.63) is 69.2 Å². The van der Waals surface area contributed by atoms with Gasteiger partial charge in [0.15, 0.2) is 5.78 Å². The first-order valence-electron chi connectivity index (χ1n) is 6.10. The fourth-order valence-electron chi connectivity index (χ4n) is 1.95. The van der Waals surface area contributed by atoms with Gasteiger partial charge in [0.25, 0.3) is 0 Å². The summed E-state index contributed by atoms with van der Waals surface area (Å²) in [5.41, 5.74) is 3.03. The fraction of sp³-hybridized carbons (Fsp3) is 0.188. The Labute approximate surface area is 123 Å². The van der Waals surface area contributed by atoms with Crippen molar-refractivity contribution in [2.45, 2.75) is 19.8 Å². The Morgan fingerprint density at radius 1 is 1.05 bits per heavy atom. The monoisotopic (exact) mass is 292 g/mol. The number of halogens is 2. The number of carbonyl (C=O) groups is 1. The molecule has 0 radical (unpaired) electrons. The van der Waals surface area contributed by atoms with Crippen molar-refractivity contribution in [1.29, 1.82) is 0 Å². The van der Waals surface area contributed by atoms with Gasteiger partial charge in [-0.3, -0.25) is 4.79 Å². The van der Waals surface area contributed by atoms with Crippen LogP contribution in [0, 0.1) is 6.92 Å². The molecule has 19 heavy (non-hydrogen) atoms. The summed E-state index contributed by atoms with van der Waals surface area (Å²) >= 11 is 11.8. The largest absolute Gasteiger partial charge is 0.294 e. The predicted molar refractivity (Wildman–Crippen MR) is 80.3 cm³/mol. The summed E-state index contributed by atoms with van der Waals surface area (Å²) in [5.74, 6) is 0.0850. The van der Waals surface area contributed by atoms with Crippen LogP contribution in [0.15, 0.2) is 42.5 Å². The van der Waals surface area contributed by atoms with E-state index in [1.54, 1.807) is 18.2 Å². The lowest BCUT2D eigenvalue weighted by molar-refractivity contribution is 0.0983. The van der Waals surface area contributed by atoms with E-state index in [1.165, 1.54) is 11.1 Å². The molecule has 0 heterocycles. The molecule has 98 valence electrons. The van der Waals surface area contributed by atoms with Crippen LogP contribution in [0.4, 0.5) is 0 Å². The van der Waals surface area contributed by atoms with E-state index in [9.17, 15) is 4.79 Å². The molecule has 0 aliphatic heterocycles. The third kappa shape index (κ3) is 3.59. The lowest BCUT2D eigenvalue weighted by Gasteiger charge is -2.05. The van der Waals surface area contributed by atoms with Gasteiger partial charge in [-0.15, -0.1) is 0 Å². The van der Waals surface area contributed by atoms with Crippen LogP contribution >= 0.6 is 23.2 Å². The Morgan fingerprint density at radius 3 is 2.47 bits per heavy atom. The van der Waals surface area contributed by atoms with Crippen LogP contribution < -0.4 is 0 Å². The zero-order valence-electron chi connectivity index (χ0n) is 10.6. The molecule has 2 aromatic rings. The molecule has 0 fully saturated rings. The zero-order valence-corrected chi connectivity index (χ0v) is 12.1. The molecule has 0 spiro atoms. The summed E-state index contributed by atoms with van der Waals surface area (Å²) in [5, 5.41) is 0.889. The molecule has 0 atom stereocenters. The molecule has 2 aromatic carbocycles. The number of rotatable bonds is 4. The van der Waals surface area contributed by atoms with Crippen LogP contribution in [0.25, 0.3) is 0 Å². The Balaban J connectivity index is 2.05. The van der Waals surface area contributed by atoms with Crippen molar-refractivity contribution in [2.75, 3.05) is 0 Å². The van der Waals surface area contributed by atoms with Crippen LogP contribution in [0.1, 0.15) is 27.9 Å². The standard InChI is InChI=1S/C16H14Cl2O/c1-11-4-2-3-5-12(11)7-9-16(19)13-6-8-14(17)15(18)10-13/h2-6,8,10H,7,9H2,1H3. The molecule has 0 unspecified atom stereocenters. The molecule has 3 heteroatoms. The summed E-state index contributed by atoms with van der Waals surface area (Å²) in [4.78, 5) is 12.1. The maximum atomic E-state index is 12.1. The number of hydrogen-bond acceptors (Lipinski definition) is 1. The average Bonchev–Trinajstić information content (AvgIpc) is 2.40. The fourth-order valence-corrected chi connectivity index (χ4v) is 2.25. The van der Waals surface area contributed by atoms with Crippen molar-refractivity contribution in [1.82, 2.24) is 0 Å². The van der Waals surface area contributed by atoms with E-state index in [0.29, 0.717) is 22.0 Å². The first kappa shape index (κ1) is 14.1. The first-order valence-corrected chi connectivity index (χ1v) is 6.86. The van der Waals surface area contributed by atoms with E-state index in [2.05, 4.69) is 19.1 Å². The summed E-state index contributed by atoms with van der Waals surface area (Å²) in [7, 11) is 0. The van der Waals surface area contributed by atoms with E-state index < -0.39 is 0 Å². The van der Waals surface area contributed by atoms with Crippen LogP contribution in [-0.2, 0) is 6.42 Å². The Kier molecular flexibility index (Phi) is 4.62. The molecule has 1 nitrogen and oxygen atoms in total. The van der Waals surface area contributed by atoms with Crippen molar-refractivity contribution in [2.24, 2.45) is 0 Å². The highest BCUT2D eigenvalue weighted by atomic mass is 35.5.